The van der Waals surface area contributed by atoms with Crippen LogP contribution >= 0.6 is 0 Å². The number of ether oxygens (including phenoxy) is 1. The minimum atomic E-state index is -4.21. The van der Waals surface area contributed by atoms with E-state index in [0.29, 0.717) is 6.61 Å². The van der Waals surface area contributed by atoms with Gasteiger partial charge in [0.1, 0.15) is 0 Å². The van der Waals surface area contributed by atoms with Crippen LogP contribution in [0.2, 0.25) is 0 Å². The van der Waals surface area contributed by atoms with Gasteiger partial charge >= 0.3 is 6.18 Å². The van der Waals surface area contributed by atoms with Gasteiger partial charge < -0.3 is 4.74 Å². The maximum atomic E-state index is 11.8. The number of allylic oxidation sites excluding steroid dienone is 1. The Morgan fingerprint density at radius 1 is 1.42 bits per heavy atom. The molecule has 0 saturated carbocycles. The highest BCUT2D eigenvalue weighted by atomic mass is 19.4. The molecule has 0 saturated heterocycles. The van der Waals surface area contributed by atoms with Gasteiger partial charge in [-0.1, -0.05) is 13.0 Å². The normalized spacial score (nSPS) is 13.6. The summed E-state index contributed by atoms with van der Waals surface area (Å²) in [6.07, 6.45) is -2.34. The van der Waals surface area contributed by atoms with Crippen LogP contribution in [0.25, 0.3) is 0 Å². The first-order chi connectivity index (χ1) is 5.48. The minimum Gasteiger partial charge on any atom is -0.377 e. The largest absolute Gasteiger partial charge is 0.412 e. The van der Waals surface area contributed by atoms with Gasteiger partial charge in [0.15, 0.2) is 0 Å². The van der Waals surface area contributed by atoms with Crippen molar-refractivity contribution >= 4 is 0 Å². The molecule has 0 aliphatic rings. The van der Waals surface area contributed by atoms with E-state index in [4.69, 9.17) is 4.74 Å². The summed E-state index contributed by atoms with van der Waals surface area (Å²) in [4.78, 5) is 0. The molecule has 0 aromatic heterocycles. The first-order valence-corrected chi connectivity index (χ1v) is 3.80. The maximum Gasteiger partial charge on any atom is 0.412 e. The molecule has 4 heteroatoms. The number of rotatable bonds is 4. The number of halogens is 3. The molecule has 0 N–H and O–H groups in total. The summed E-state index contributed by atoms with van der Waals surface area (Å²) < 4.78 is 40.4. The Morgan fingerprint density at radius 3 is 2.42 bits per heavy atom. The molecular formula is C8H13F3O. The molecule has 0 heterocycles. The van der Waals surface area contributed by atoms with Crippen LogP contribution in [-0.4, -0.2) is 19.4 Å². The SMILES string of the molecule is CCCOC/C=C(\C)C(F)(F)F. The van der Waals surface area contributed by atoms with E-state index in [-0.39, 0.29) is 6.61 Å². The van der Waals surface area contributed by atoms with E-state index in [0.717, 1.165) is 19.4 Å². The molecule has 0 aliphatic carbocycles. The molecule has 0 unspecified atom stereocenters. The monoisotopic (exact) mass is 182 g/mol. The third-order valence-corrected chi connectivity index (χ3v) is 1.30. The van der Waals surface area contributed by atoms with Gasteiger partial charge in [-0.3, -0.25) is 0 Å². The van der Waals surface area contributed by atoms with Crippen LogP contribution in [0, 0.1) is 0 Å². The van der Waals surface area contributed by atoms with E-state index in [9.17, 15) is 13.2 Å². The highest BCUT2D eigenvalue weighted by Crippen LogP contribution is 2.24. The van der Waals surface area contributed by atoms with E-state index < -0.39 is 11.7 Å². The van der Waals surface area contributed by atoms with Crippen LogP contribution < -0.4 is 0 Å². The Bertz CT molecular complexity index is 149. The summed E-state index contributed by atoms with van der Waals surface area (Å²) in [7, 11) is 0. The lowest BCUT2D eigenvalue weighted by molar-refractivity contribution is -0.0919. The van der Waals surface area contributed by atoms with Crippen molar-refractivity contribution in [2.75, 3.05) is 13.2 Å². The second-order valence-corrected chi connectivity index (χ2v) is 2.46. The van der Waals surface area contributed by atoms with Crippen molar-refractivity contribution < 1.29 is 17.9 Å². The van der Waals surface area contributed by atoms with Crippen LogP contribution in [0.4, 0.5) is 13.2 Å². The quantitative estimate of drug-likeness (QED) is 0.479. The van der Waals surface area contributed by atoms with Gasteiger partial charge in [-0.15, -0.1) is 0 Å². The Labute approximate surface area is 70.2 Å². The van der Waals surface area contributed by atoms with Crippen molar-refractivity contribution in [2.24, 2.45) is 0 Å². The molecule has 0 atom stereocenters. The Balaban J connectivity index is 3.70. The second kappa shape index (κ2) is 5.19. The molecule has 12 heavy (non-hydrogen) atoms. The Morgan fingerprint density at radius 2 is 2.00 bits per heavy atom. The third-order valence-electron chi connectivity index (χ3n) is 1.30. The highest BCUT2D eigenvalue weighted by molar-refractivity contribution is 5.04. The van der Waals surface area contributed by atoms with Crippen LogP contribution in [0.15, 0.2) is 11.6 Å². The van der Waals surface area contributed by atoms with Crippen LogP contribution in [0.5, 0.6) is 0 Å². The maximum absolute atomic E-state index is 11.8. The zero-order valence-corrected chi connectivity index (χ0v) is 7.24. The fourth-order valence-electron chi connectivity index (χ4n) is 0.527. The van der Waals surface area contributed by atoms with Crippen molar-refractivity contribution in [1.82, 2.24) is 0 Å². The van der Waals surface area contributed by atoms with Gasteiger partial charge in [0.25, 0.3) is 0 Å². The number of hydrogen-bond acceptors (Lipinski definition) is 1. The lowest BCUT2D eigenvalue weighted by atomic mass is 10.3. The van der Waals surface area contributed by atoms with E-state index in [1.807, 2.05) is 6.92 Å². The fraction of sp³-hybridized carbons (Fsp3) is 0.750. The summed E-state index contributed by atoms with van der Waals surface area (Å²) >= 11 is 0. The molecule has 0 rings (SSSR count). The number of alkyl halides is 3. The average Bonchev–Trinajstić information content (AvgIpc) is 1.96. The summed E-state index contributed by atoms with van der Waals surface area (Å²) in [5, 5.41) is 0. The summed E-state index contributed by atoms with van der Waals surface area (Å²) in [5.41, 5.74) is -0.599. The molecule has 0 amide bonds. The summed E-state index contributed by atoms with van der Waals surface area (Å²) in [6, 6.07) is 0. The van der Waals surface area contributed by atoms with Crippen LogP contribution in [-0.2, 0) is 4.74 Å². The topological polar surface area (TPSA) is 9.23 Å². The molecule has 0 aliphatic heterocycles. The zero-order chi connectivity index (χ0) is 9.61. The van der Waals surface area contributed by atoms with Gasteiger partial charge in [-0.2, -0.15) is 13.2 Å². The lowest BCUT2D eigenvalue weighted by Gasteiger charge is -2.05. The zero-order valence-electron chi connectivity index (χ0n) is 7.24. The summed E-state index contributed by atoms with van der Waals surface area (Å²) in [5.74, 6) is 0. The van der Waals surface area contributed by atoms with Crippen molar-refractivity contribution in [3.63, 3.8) is 0 Å². The van der Waals surface area contributed by atoms with Gasteiger partial charge in [0, 0.05) is 12.2 Å². The van der Waals surface area contributed by atoms with E-state index in [1.165, 1.54) is 0 Å². The molecule has 0 spiro atoms. The highest BCUT2D eigenvalue weighted by Gasteiger charge is 2.29. The molecule has 0 fully saturated rings. The van der Waals surface area contributed by atoms with Crippen LogP contribution in [0.3, 0.4) is 0 Å². The van der Waals surface area contributed by atoms with Crippen molar-refractivity contribution in [1.29, 1.82) is 0 Å². The summed E-state index contributed by atoms with van der Waals surface area (Å²) in [6.45, 7) is 3.48. The second-order valence-electron chi connectivity index (χ2n) is 2.46. The van der Waals surface area contributed by atoms with Crippen molar-refractivity contribution in [3.8, 4) is 0 Å². The molecule has 0 bridgehead atoms. The van der Waals surface area contributed by atoms with Crippen LogP contribution in [0.1, 0.15) is 20.3 Å². The Hall–Kier alpha value is -0.510. The molecule has 0 radical (unpaired) electrons. The molecule has 0 aromatic rings. The van der Waals surface area contributed by atoms with E-state index >= 15 is 0 Å². The standard InChI is InChI=1S/C8H13F3O/c1-3-5-12-6-4-7(2)8(9,10)11/h4H,3,5-6H2,1-2H3/b7-4+. The third kappa shape index (κ3) is 5.18. The van der Waals surface area contributed by atoms with E-state index in [2.05, 4.69) is 0 Å². The minimum absolute atomic E-state index is 0.0409. The molecule has 0 aromatic carbocycles. The molecule has 72 valence electrons. The average molecular weight is 182 g/mol. The predicted octanol–water partition coefficient (Wildman–Crippen LogP) is 2.92. The molecular weight excluding hydrogens is 169 g/mol. The predicted molar refractivity (Wildman–Crippen MR) is 40.9 cm³/mol. The Kier molecular flexibility index (Phi) is 4.97. The van der Waals surface area contributed by atoms with E-state index in [1.54, 1.807) is 0 Å². The fourth-order valence-corrected chi connectivity index (χ4v) is 0.527. The smallest absolute Gasteiger partial charge is 0.377 e. The van der Waals surface area contributed by atoms with Gasteiger partial charge in [-0.05, 0) is 13.3 Å². The lowest BCUT2D eigenvalue weighted by Crippen LogP contribution is -2.09. The van der Waals surface area contributed by atoms with Crippen molar-refractivity contribution in [3.05, 3.63) is 11.6 Å². The van der Waals surface area contributed by atoms with Gasteiger partial charge in [-0.25, -0.2) is 0 Å². The molecule has 1 nitrogen and oxygen atoms in total. The first-order valence-electron chi connectivity index (χ1n) is 3.80. The van der Waals surface area contributed by atoms with Gasteiger partial charge in [0.05, 0.1) is 6.61 Å². The van der Waals surface area contributed by atoms with Gasteiger partial charge in [0.2, 0.25) is 0 Å². The first kappa shape index (κ1) is 11.5. The van der Waals surface area contributed by atoms with Crippen molar-refractivity contribution in [2.45, 2.75) is 26.4 Å². The number of hydrogen-bond donors (Lipinski definition) is 0.